The van der Waals surface area contributed by atoms with E-state index in [2.05, 4.69) is 10.3 Å². The van der Waals surface area contributed by atoms with E-state index in [1.54, 1.807) is 44.2 Å². The predicted molar refractivity (Wildman–Crippen MR) is 176 cm³/mol. The standard InChI is InChI=1S/C34H42FN4O7P/c1-4-7-21-44-34(42)39-19-17-38(18-20-39)33(41)31(24-47(43,45-5-2)46-6-3)37-32(40)30-23-26(25-13-9-8-10-14-25)22-29(36-30)27-15-11-12-16-28(27)35/h8-16,22-23,31H,4-7,17-21,24H2,1-3H3,(H,37,40)/t31-/m0/s1. The van der Waals surface area contributed by atoms with Crippen LogP contribution in [-0.2, 0) is 23.1 Å². The van der Waals surface area contributed by atoms with Gasteiger partial charge < -0.3 is 28.9 Å². The quantitative estimate of drug-likeness (QED) is 0.164. The van der Waals surface area contributed by atoms with Crippen LogP contribution in [0.2, 0.25) is 0 Å². The smallest absolute Gasteiger partial charge is 0.409 e. The van der Waals surface area contributed by atoms with Crippen molar-refractivity contribution >= 4 is 25.5 Å². The average molecular weight is 669 g/mol. The average Bonchev–Trinajstić information content (AvgIpc) is 3.08. The molecule has 3 amide bonds. The monoisotopic (exact) mass is 668 g/mol. The zero-order chi connectivity index (χ0) is 33.8. The summed E-state index contributed by atoms with van der Waals surface area (Å²) in [5.74, 6) is -1.74. The number of pyridine rings is 1. The predicted octanol–water partition coefficient (Wildman–Crippen LogP) is 6.00. The number of rotatable bonds is 14. The van der Waals surface area contributed by atoms with E-state index in [9.17, 15) is 23.3 Å². The lowest BCUT2D eigenvalue weighted by atomic mass is 10.0. The molecule has 1 N–H and O–H groups in total. The molecule has 1 aliphatic heterocycles. The van der Waals surface area contributed by atoms with Gasteiger partial charge in [-0.2, -0.15) is 0 Å². The Morgan fingerprint density at radius 1 is 0.894 bits per heavy atom. The number of ether oxygens (including phenoxy) is 1. The molecule has 1 atom stereocenters. The SMILES string of the molecule is CCCCOC(=O)N1CCN(C(=O)[C@H](CP(=O)(OCC)OCC)NC(=O)c2cc(-c3ccccc3)cc(-c3ccccc3F)n2)CC1. The summed E-state index contributed by atoms with van der Waals surface area (Å²) >= 11 is 0. The van der Waals surface area contributed by atoms with Crippen molar-refractivity contribution < 1.29 is 37.1 Å². The Balaban J connectivity index is 1.62. The van der Waals surface area contributed by atoms with Gasteiger partial charge in [-0.05, 0) is 55.7 Å². The highest BCUT2D eigenvalue weighted by atomic mass is 31.2. The third-order valence-corrected chi connectivity index (χ3v) is 9.66. The second-order valence-corrected chi connectivity index (χ2v) is 13.0. The molecule has 11 nitrogen and oxygen atoms in total. The Hall–Kier alpha value is -4.12. The summed E-state index contributed by atoms with van der Waals surface area (Å²) in [6.45, 7) is 6.60. The maximum absolute atomic E-state index is 14.9. The number of amides is 3. The van der Waals surface area contributed by atoms with Gasteiger partial charge in [-0.15, -0.1) is 0 Å². The highest BCUT2D eigenvalue weighted by Gasteiger charge is 2.37. The van der Waals surface area contributed by atoms with Crippen LogP contribution in [0, 0.1) is 5.82 Å². The summed E-state index contributed by atoms with van der Waals surface area (Å²) in [5.41, 5.74) is 1.76. The fourth-order valence-corrected chi connectivity index (χ4v) is 6.92. The lowest BCUT2D eigenvalue weighted by Crippen LogP contribution is -2.57. The van der Waals surface area contributed by atoms with E-state index in [-0.39, 0.29) is 56.3 Å². The molecule has 0 saturated carbocycles. The van der Waals surface area contributed by atoms with Crippen LogP contribution in [0.3, 0.4) is 0 Å². The molecule has 13 heteroatoms. The van der Waals surface area contributed by atoms with Crippen LogP contribution < -0.4 is 5.32 Å². The molecule has 2 heterocycles. The van der Waals surface area contributed by atoms with E-state index in [1.807, 2.05) is 37.3 Å². The van der Waals surface area contributed by atoms with Crippen molar-refractivity contribution in [2.75, 3.05) is 52.2 Å². The minimum absolute atomic E-state index is 0.0651. The van der Waals surface area contributed by atoms with E-state index in [0.717, 1.165) is 18.4 Å². The first-order chi connectivity index (χ1) is 22.7. The van der Waals surface area contributed by atoms with Crippen molar-refractivity contribution in [3.63, 3.8) is 0 Å². The summed E-state index contributed by atoms with van der Waals surface area (Å²) in [7, 11) is -3.81. The fourth-order valence-electron chi connectivity index (χ4n) is 5.15. The Morgan fingerprint density at radius 2 is 1.53 bits per heavy atom. The first-order valence-corrected chi connectivity index (χ1v) is 17.6. The summed E-state index contributed by atoms with van der Waals surface area (Å²) in [4.78, 5) is 47.8. The first-order valence-electron chi connectivity index (χ1n) is 15.9. The molecule has 1 saturated heterocycles. The highest BCUT2D eigenvalue weighted by molar-refractivity contribution is 7.54. The van der Waals surface area contributed by atoms with Crippen LogP contribution in [-0.4, -0.2) is 90.9 Å². The van der Waals surface area contributed by atoms with Crippen LogP contribution in [0.1, 0.15) is 44.1 Å². The number of nitrogens with zero attached hydrogens (tertiary/aromatic N) is 3. The van der Waals surface area contributed by atoms with E-state index >= 15 is 0 Å². The number of carbonyl (C=O) groups excluding carboxylic acids is 3. The molecule has 4 rings (SSSR count). The van der Waals surface area contributed by atoms with Gasteiger partial charge in [0.05, 0.1) is 31.7 Å². The maximum atomic E-state index is 14.9. The molecule has 0 unspecified atom stereocenters. The maximum Gasteiger partial charge on any atom is 0.409 e. The number of piperazine rings is 1. The van der Waals surface area contributed by atoms with E-state index in [1.165, 1.54) is 15.9 Å². The molecule has 0 bridgehead atoms. The number of hydrogen-bond acceptors (Lipinski definition) is 8. The lowest BCUT2D eigenvalue weighted by Gasteiger charge is -2.36. The highest BCUT2D eigenvalue weighted by Crippen LogP contribution is 2.48. The molecule has 1 aromatic heterocycles. The minimum atomic E-state index is -3.81. The van der Waals surface area contributed by atoms with Gasteiger partial charge in [-0.25, -0.2) is 14.2 Å². The Bertz CT molecular complexity index is 1560. The summed E-state index contributed by atoms with van der Waals surface area (Å²) < 4.78 is 44.7. The molecular formula is C34H42FN4O7P. The van der Waals surface area contributed by atoms with Gasteiger partial charge in [0, 0.05) is 31.7 Å². The van der Waals surface area contributed by atoms with Crippen molar-refractivity contribution in [2.45, 2.75) is 39.7 Å². The van der Waals surface area contributed by atoms with Crippen LogP contribution in [0.5, 0.6) is 0 Å². The summed E-state index contributed by atoms with van der Waals surface area (Å²) in [6, 6.07) is 17.3. The molecule has 0 aliphatic carbocycles. The van der Waals surface area contributed by atoms with Gasteiger partial charge in [-0.1, -0.05) is 55.8 Å². The number of halogens is 1. The molecular weight excluding hydrogens is 626 g/mol. The van der Waals surface area contributed by atoms with Crippen LogP contribution in [0.25, 0.3) is 22.4 Å². The Morgan fingerprint density at radius 3 is 2.17 bits per heavy atom. The van der Waals surface area contributed by atoms with Crippen LogP contribution in [0.15, 0.2) is 66.7 Å². The van der Waals surface area contributed by atoms with Gasteiger partial charge in [0.25, 0.3) is 5.91 Å². The van der Waals surface area contributed by atoms with Gasteiger partial charge in [0.1, 0.15) is 17.6 Å². The van der Waals surface area contributed by atoms with Crippen molar-refractivity contribution in [2.24, 2.45) is 0 Å². The third kappa shape index (κ3) is 9.70. The molecule has 252 valence electrons. The molecule has 47 heavy (non-hydrogen) atoms. The normalized spacial score (nSPS) is 14.0. The largest absolute Gasteiger partial charge is 0.449 e. The first kappa shape index (κ1) is 35.7. The van der Waals surface area contributed by atoms with Gasteiger partial charge in [0.2, 0.25) is 5.91 Å². The number of aromatic nitrogens is 1. The van der Waals surface area contributed by atoms with Crippen LogP contribution in [0.4, 0.5) is 9.18 Å². The zero-order valence-corrected chi connectivity index (χ0v) is 27.9. The van der Waals surface area contributed by atoms with Gasteiger partial charge >= 0.3 is 13.7 Å². The number of carbonyl (C=O) groups is 3. The van der Waals surface area contributed by atoms with Gasteiger partial charge in [0.15, 0.2) is 0 Å². The van der Waals surface area contributed by atoms with E-state index in [0.29, 0.717) is 12.2 Å². The molecule has 1 fully saturated rings. The number of hydrogen-bond donors (Lipinski definition) is 1. The summed E-state index contributed by atoms with van der Waals surface area (Å²) in [5, 5.41) is 2.72. The van der Waals surface area contributed by atoms with Crippen molar-refractivity contribution in [1.29, 1.82) is 0 Å². The second kappa shape index (κ2) is 17.2. The van der Waals surface area contributed by atoms with Crippen molar-refractivity contribution in [1.82, 2.24) is 20.1 Å². The third-order valence-electron chi connectivity index (χ3n) is 7.55. The molecule has 0 spiro atoms. The topological polar surface area (TPSA) is 127 Å². The van der Waals surface area contributed by atoms with Crippen molar-refractivity contribution in [3.05, 3.63) is 78.2 Å². The van der Waals surface area contributed by atoms with E-state index in [4.69, 9.17) is 13.8 Å². The fraction of sp³-hybridized carbons (Fsp3) is 0.412. The molecule has 2 aromatic carbocycles. The summed E-state index contributed by atoms with van der Waals surface area (Å²) in [6.07, 6.45) is 0.794. The van der Waals surface area contributed by atoms with E-state index < -0.39 is 43.5 Å². The van der Waals surface area contributed by atoms with Gasteiger partial charge in [-0.3, -0.25) is 14.2 Å². The second-order valence-electron chi connectivity index (χ2n) is 10.9. The minimum Gasteiger partial charge on any atom is -0.449 e. The molecule has 1 aliphatic rings. The van der Waals surface area contributed by atoms with Crippen molar-refractivity contribution in [3.8, 4) is 22.4 Å². The lowest BCUT2D eigenvalue weighted by molar-refractivity contribution is -0.134. The molecule has 3 aromatic rings. The number of nitrogens with one attached hydrogen (secondary N) is 1. The van der Waals surface area contributed by atoms with Crippen LogP contribution >= 0.6 is 7.60 Å². The number of unbranched alkanes of at least 4 members (excludes halogenated alkanes) is 1. The Labute approximate surface area is 274 Å². The number of benzene rings is 2. The Kier molecular flexibility index (Phi) is 13.0. The zero-order valence-electron chi connectivity index (χ0n) is 27.0. The molecule has 0 radical (unpaired) electrons.